The lowest BCUT2D eigenvalue weighted by Gasteiger charge is -2.24. The number of benzene rings is 1. The van der Waals surface area contributed by atoms with Gasteiger partial charge in [-0.05, 0) is 33.0 Å². The summed E-state index contributed by atoms with van der Waals surface area (Å²) in [7, 11) is 1.64. The molecule has 2 aromatic rings. The molecule has 1 unspecified atom stereocenters. The van der Waals surface area contributed by atoms with E-state index in [1.165, 1.54) is 0 Å². The van der Waals surface area contributed by atoms with Gasteiger partial charge < -0.3 is 15.2 Å². The molecule has 5 nitrogen and oxygen atoms in total. The second-order valence-corrected chi connectivity index (χ2v) is 5.27. The molecule has 1 heterocycles. The highest BCUT2D eigenvalue weighted by atomic mass is 16.5. The highest BCUT2D eigenvalue weighted by Crippen LogP contribution is 2.24. The number of ether oxygens (including phenoxy) is 1. The number of aliphatic carboxylic acids is 1. The summed E-state index contributed by atoms with van der Waals surface area (Å²) in [6.07, 6.45) is 0.362. The van der Waals surface area contributed by atoms with Crippen molar-refractivity contribution in [2.75, 3.05) is 13.7 Å². The third-order valence-corrected chi connectivity index (χ3v) is 3.71. The molecule has 0 amide bonds. The number of carboxylic acid groups (broad SMARTS) is 1. The van der Waals surface area contributed by atoms with E-state index in [1.807, 2.05) is 37.3 Å². The number of likely N-dealkylation sites (N-methyl/N-ethyl adjacent to an activating group) is 1. The fraction of sp³-hybridized carbons (Fsp3) is 0.375. The summed E-state index contributed by atoms with van der Waals surface area (Å²) in [6, 6.07) is 9.69. The number of hydrogen-bond donors (Lipinski definition) is 2. The molecule has 0 aliphatic heterocycles. The summed E-state index contributed by atoms with van der Waals surface area (Å²) in [5, 5.41) is 13.0. The van der Waals surface area contributed by atoms with Crippen LogP contribution in [0.1, 0.15) is 19.0 Å². The Morgan fingerprint density at radius 1 is 1.38 bits per heavy atom. The zero-order valence-electron chi connectivity index (χ0n) is 12.5. The number of fused-ring (bicyclic) bond motifs is 1. The predicted molar refractivity (Wildman–Crippen MR) is 81.7 cm³/mol. The normalized spacial score (nSPS) is 13.9. The maximum absolute atomic E-state index is 11.2. The van der Waals surface area contributed by atoms with Gasteiger partial charge in [0.1, 0.15) is 16.8 Å². The smallest absolute Gasteiger partial charge is 0.323 e. The van der Waals surface area contributed by atoms with Crippen molar-refractivity contribution in [1.82, 2.24) is 10.3 Å². The van der Waals surface area contributed by atoms with Crippen LogP contribution in [-0.4, -0.2) is 35.3 Å². The maximum atomic E-state index is 11.2. The predicted octanol–water partition coefficient (Wildman–Crippen LogP) is 2.37. The molecule has 1 aromatic carbocycles. The largest absolute Gasteiger partial charge is 0.491 e. The quantitative estimate of drug-likeness (QED) is 0.854. The van der Waals surface area contributed by atoms with Crippen LogP contribution in [0.25, 0.3) is 10.9 Å². The SMILES string of the molecule is CNC(C)(CCOc1cccc2ccc(C)nc12)C(=O)O. The number of hydrogen-bond acceptors (Lipinski definition) is 4. The van der Waals surface area contributed by atoms with E-state index in [2.05, 4.69) is 10.3 Å². The topological polar surface area (TPSA) is 71.5 Å². The van der Waals surface area contributed by atoms with Crippen molar-refractivity contribution >= 4 is 16.9 Å². The third kappa shape index (κ3) is 3.31. The van der Waals surface area contributed by atoms with Crippen LogP contribution in [0.5, 0.6) is 5.75 Å². The van der Waals surface area contributed by atoms with Crippen molar-refractivity contribution in [3.05, 3.63) is 36.0 Å². The Kier molecular flexibility index (Phi) is 4.43. The number of carbonyl (C=O) groups is 1. The Labute approximate surface area is 124 Å². The highest BCUT2D eigenvalue weighted by molar-refractivity contribution is 5.84. The number of rotatable bonds is 6. The van der Waals surface area contributed by atoms with Crippen molar-refractivity contribution in [1.29, 1.82) is 0 Å². The van der Waals surface area contributed by atoms with Crippen LogP contribution in [0.3, 0.4) is 0 Å². The third-order valence-electron chi connectivity index (χ3n) is 3.71. The van der Waals surface area contributed by atoms with E-state index in [-0.39, 0.29) is 0 Å². The van der Waals surface area contributed by atoms with E-state index in [1.54, 1.807) is 14.0 Å². The minimum Gasteiger partial charge on any atom is -0.491 e. The van der Waals surface area contributed by atoms with Crippen molar-refractivity contribution < 1.29 is 14.6 Å². The zero-order valence-corrected chi connectivity index (χ0v) is 12.5. The van der Waals surface area contributed by atoms with E-state index in [0.717, 1.165) is 16.6 Å². The molecule has 0 aliphatic rings. The lowest BCUT2D eigenvalue weighted by Crippen LogP contribution is -2.48. The molecule has 1 aromatic heterocycles. The molecule has 1 atom stereocenters. The molecule has 0 saturated heterocycles. The van der Waals surface area contributed by atoms with Crippen molar-refractivity contribution in [3.8, 4) is 5.75 Å². The molecule has 112 valence electrons. The van der Waals surface area contributed by atoms with Gasteiger partial charge >= 0.3 is 5.97 Å². The molecule has 0 radical (unpaired) electrons. The Bertz CT molecular complexity index is 657. The Morgan fingerprint density at radius 3 is 2.81 bits per heavy atom. The first-order chi connectivity index (χ1) is 9.96. The van der Waals surface area contributed by atoms with Gasteiger partial charge in [0.05, 0.1) is 6.61 Å². The summed E-state index contributed by atoms with van der Waals surface area (Å²) in [4.78, 5) is 15.7. The average Bonchev–Trinajstić information content (AvgIpc) is 2.47. The lowest BCUT2D eigenvalue weighted by molar-refractivity contribution is -0.144. The number of aromatic nitrogens is 1. The van der Waals surface area contributed by atoms with Crippen molar-refractivity contribution in [2.24, 2.45) is 0 Å². The Morgan fingerprint density at radius 2 is 2.14 bits per heavy atom. The number of nitrogens with one attached hydrogen (secondary N) is 1. The molecular weight excluding hydrogens is 268 g/mol. The first kappa shape index (κ1) is 15.3. The van der Waals surface area contributed by atoms with Gasteiger partial charge in [-0.15, -0.1) is 0 Å². The van der Waals surface area contributed by atoms with Gasteiger partial charge in [-0.2, -0.15) is 0 Å². The van der Waals surface area contributed by atoms with Gasteiger partial charge in [0.25, 0.3) is 0 Å². The summed E-state index contributed by atoms with van der Waals surface area (Å²) in [6.45, 7) is 3.88. The Hall–Kier alpha value is -2.14. The van der Waals surface area contributed by atoms with Gasteiger partial charge in [-0.3, -0.25) is 4.79 Å². The molecule has 0 saturated carbocycles. The molecule has 0 aliphatic carbocycles. The van der Waals surface area contributed by atoms with Crippen LogP contribution in [0.2, 0.25) is 0 Å². The number of para-hydroxylation sites is 1. The van der Waals surface area contributed by atoms with Gasteiger partial charge in [-0.1, -0.05) is 18.2 Å². The average molecular weight is 288 g/mol. The molecule has 2 rings (SSSR count). The van der Waals surface area contributed by atoms with Gasteiger partial charge in [0, 0.05) is 17.5 Å². The van der Waals surface area contributed by atoms with Crippen LogP contribution in [-0.2, 0) is 4.79 Å². The molecule has 2 N–H and O–H groups in total. The van der Waals surface area contributed by atoms with Crippen LogP contribution in [0.15, 0.2) is 30.3 Å². The second-order valence-electron chi connectivity index (χ2n) is 5.27. The van der Waals surface area contributed by atoms with E-state index in [0.29, 0.717) is 18.8 Å². The summed E-state index contributed by atoms with van der Waals surface area (Å²) >= 11 is 0. The molecule has 0 bridgehead atoms. The van der Waals surface area contributed by atoms with Gasteiger partial charge in [-0.25, -0.2) is 4.98 Å². The monoisotopic (exact) mass is 288 g/mol. The minimum absolute atomic E-state index is 0.304. The fourth-order valence-electron chi connectivity index (χ4n) is 2.04. The number of carboxylic acids is 1. The molecule has 21 heavy (non-hydrogen) atoms. The fourth-order valence-corrected chi connectivity index (χ4v) is 2.04. The Balaban J connectivity index is 2.14. The molecule has 0 spiro atoms. The summed E-state index contributed by atoms with van der Waals surface area (Å²) < 4.78 is 5.76. The highest BCUT2D eigenvalue weighted by Gasteiger charge is 2.30. The first-order valence-electron chi connectivity index (χ1n) is 6.88. The van der Waals surface area contributed by atoms with E-state index >= 15 is 0 Å². The van der Waals surface area contributed by atoms with Gasteiger partial charge in [0.2, 0.25) is 0 Å². The summed E-state index contributed by atoms with van der Waals surface area (Å²) in [5.74, 6) is -0.208. The lowest BCUT2D eigenvalue weighted by atomic mass is 9.99. The maximum Gasteiger partial charge on any atom is 0.323 e. The van der Waals surface area contributed by atoms with Crippen molar-refractivity contribution in [3.63, 3.8) is 0 Å². The second kappa shape index (κ2) is 6.10. The molecular formula is C16H20N2O3. The van der Waals surface area contributed by atoms with Crippen molar-refractivity contribution in [2.45, 2.75) is 25.8 Å². The van der Waals surface area contributed by atoms with Crippen LogP contribution >= 0.6 is 0 Å². The first-order valence-corrected chi connectivity index (χ1v) is 6.88. The minimum atomic E-state index is -0.992. The van der Waals surface area contributed by atoms with E-state index < -0.39 is 11.5 Å². The van der Waals surface area contributed by atoms with Crippen LogP contribution in [0.4, 0.5) is 0 Å². The van der Waals surface area contributed by atoms with Crippen LogP contribution < -0.4 is 10.1 Å². The molecule has 0 fully saturated rings. The van der Waals surface area contributed by atoms with Crippen LogP contribution in [0, 0.1) is 6.92 Å². The number of pyridine rings is 1. The number of nitrogens with zero attached hydrogens (tertiary/aromatic N) is 1. The molecule has 5 heteroatoms. The van der Waals surface area contributed by atoms with E-state index in [9.17, 15) is 9.90 Å². The summed E-state index contributed by atoms with van der Waals surface area (Å²) in [5.41, 5.74) is 0.733. The number of aryl methyl sites for hydroxylation is 1. The zero-order chi connectivity index (χ0) is 15.5. The standard InChI is InChI=1S/C16H20N2O3/c1-11-7-8-12-5-4-6-13(14(12)18-11)21-10-9-16(2,17-3)15(19)20/h4-8,17H,9-10H2,1-3H3,(H,19,20). The van der Waals surface area contributed by atoms with E-state index in [4.69, 9.17) is 4.74 Å². The van der Waals surface area contributed by atoms with Gasteiger partial charge in [0.15, 0.2) is 0 Å².